The van der Waals surface area contributed by atoms with Crippen molar-refractivity contribution < 1.29 is 23.1 Å². The fraction of sp³-hybridized carbons (Fsp3) is 0.833. The van der Waals surface area contributed by atoms with Crippen molar-refractivity contribution in [3.63, 3.8) is 0 Å². The summed E-state index contributed by atoms with van der Waals surface area (Å²) in [4.78, 5) is 22.2. The van der Waals surface area contributed by atoms with Gasteiger partial charge in [0.1, 0.15) is 0 Å². The molecule has 0 spiro atoms. The molecule has 0 bridgehead atoms. The molecule has 0 unspecified atom stereocenters. The van der Waals surface area contributed by atoms with E-state index in [-0.39, 0.29) is 38.0 Å². The quantitative estimate of drug-likeness (QED) is 0.528. The molecule has 1 saturated carbocycles. The van der Waals surface area contributed by atoms with Crippen molar-refractivity contribution in [2.24, 2.45) is 11.8 Å². The van der Waals surface area contributed by atoms with Gasteiger partial charge in [-0.3, -0.25) is 9.59 Å². The number of aliphatic carboxylic acids is 1. The van der Waals surface area contributed by atoms with E-state index >= 15 is 0 Å². The van der Waals surface area contributed by atoms with E-state index in [1.807, 2.05) is 0 Å². The standard InChI is InChI=1S/C12H21N3O5S/c16-11(9-1-2-9)13-5-6-14-21(19,20)15-7-3-10(4-8-15)12(17)18/h9-10,14H,1-8H2,(H,13,16)(H,17,18). The Morgan fingerprint density at radius 3 is 2.19 bits per heavy atom. The number of carbonyl (C=O) groups is 2. The number of carbonyl (C=O) groups excluding carboxylic acids is 1. The van der Waals surface area contributed by atoms with Gasteiger partial charge in [-0.2, -0.15) is 12.7 Å². The average molecular weight is 319 g/mol. The second-order valence-corrected chi connectivity index (χ2v) is 7.23. The second-order valence-electron chi connectivity index (χ2n) is 5.48. The molecule has 0 atom stereocenters. The van der Waals surface area contributed by atoms with Crippen molar-refractivity contribution in [3.05, 3.63) is 0 Å². The van der Waals surface area contributed by atoms with E-state index in [1.54, 1.807) is 0 Å². The molecule has 2 fully saturated rings. The van der Waals surface area contributed by atoms with Gasteiger partial charge in [0.2, 0.25) is 5.91 Å². The normalized spacial score (nSPS) is 21.1. The number of nitrogens with zero attached hydrogens (tertiary/aromatic N) is 1. The molecule has 3 N–H and O–H groups in total. The SMILES string of the molecule is O=C(O)C1CCN(S(=O)(=O)NCCNC(=O)C2CC2)CC1. The maximum absolute atomic E-state index is 12.0. The van der Waals surface area contributed by atoms with Crippen LogP contribution in [0, 0.1) is 11.8 Å². The van der Waals surface area contributed by atoms with Crippen molar-refractivity contribution in [1.29, 1.82) is 0 Å². The summed E-state index contributed by atoms with van der Waals surface area (Å²) in [6, 6.07) is 0. The number of hydrogen-bond acceptors (Lipinski definition) is 4. The van der Waals surface area contributed by atoms with E-state index in [0.717, 1.165) is 12.8 Å². The van der Waals surface area contributed by atoms with Crippen LogP contribution in [0.15, 0.2) is 0 Å². The van der Waals surface area contributed by atoms with Crippen molar-refractivity contribution in [2.75, 3.05) is 26.2 Å². The summed E-state index contributed by atoms with van der Waals surface area (Å²) < 4.78 is 27.7. The lowest BCUT2D eigenvalue weighted by molar-refractivity contribution is -0.143. The Hall–Kier alpha value is -1.19. The van der Waals surface area contributed by atoms with Crippen LogP contribution >= 0.6 is 0 Å². The molecule has 8 nitrogen and oxygen atoms in total. The van der Waals surface area contributed by atoms with Gasteiger partial charge in [0, 0.05) is 32.1 Å². The summed E-state index contributed by atoms with van der Waals surface area (Å²) >= 11 is 0. The monoisotopic (exact) mass is 319 g/mol. The molecule has 9 heteroatoms. The van der Waals surface area contributed by atoms with Crippen LogP contribution < -0.4 is 10.0 Å². The highest BCUT2D eigenvalue weighted by molar-refractivity contribution is 7.87. The maximum atomic E-state index is 12.0. The van der Waals surface area contributed by atoms with Crippen molar-refractivity contribution >= 4 is 22.1 Å². The van der Waals surface area contributed by atoms with Crippen molar-refractivity contribution in [3.8, 4) is 0 Å². The Morgan fingerprint density at radius 1 is 1.05 bits per heavy atom. The summed E-state index contributed by atoms with van der Waals surface area (Å²) in [6.45, 7) is 0.821. The predicted molar refractivity (Wildman–Crippen MR) is 74.6 cm³/mol. The number of hydrogen-bond donors (Lipinski definition) is 3. The van der Waals surface area contributed by atoms with Gasteiger partial charge in [0.25, 0.3) is 10.2 Å². The fourth-order valence-corrected chi connectivity index (χ4v) is 3.52. The highest BCUT2D eigenvalue weighted by Crippen LogP contribution is 2.28. The van der Waals surface area contributed by atoms with Gasteiger partial charge >= 0.3 is 5.97 Å². The van der Waals surface area contributed by atoms with Crippen LogP contribution in [0.1, 0.15) is 25.7 Å². The first-order valence-corrected chi connectivity index (χ1v) is 8.59. The lowest BCUT2D eigenvalue weighted by Gasteiger charge is -2.29. The van der Waals surface area contributed by atoms with E-state index in [2.05, 4.69) is 10.0 Å². The van der Waals surface area contributed by atoms with Gasteiger partial charge in [-0.05, 0) is 25.7 Å². The fourth-order valence-electron chi connectivity index (χ4n) is 2.29. The van der Waals surface area contributed by atoms with E-state index < -0.39 is 22.1 Å². The smallest absolute Gasteiger partial charge is 0.306 e. The van der Waals surface area contributed by atoms with E-state index in [1.165, 1.54) is 4.31 Å². The van der Waals surface area contributed by atoms with Crippen molar-refractivity contribution in [1.82, 2.24) is 14.3 Å². The minimum absolute atomic E-state index is 0.0172. The highest BCUT2D eigenvalue weighted by atomic mass is 32.2. The van der Waals surface area contributed by atoms with Crippen LogP contribution in [0.4, 0.5) is 0 Å². The van der Waals surface area contributed by atoms with Gasteiger partial charge in [0.15, 0.2) is 0 Å². The number of carboxylic acid groups (broad SMARTS) is 1. The zero-order chi connectivity index (χ0) is 15.5. The average Bonchev–Trinajstić information content (AvgIpc) is 3.28. The summed E-state index contributed by atoms with van der Waals surface area (Å²) in [5, 5.41) is 11.6. The van der Waals surface area contributed by atoms with Crippen LogP contribution in [0.3, 0.4) is 0 Å². The predicted octanol–water partition coefficient (Wildman–Crippen LogP) is -0.856. The molecule has 0 aromatic heterocycles. The molecule has 1 amide bonds. The zero-order valence-electron chi connectivity index (χ0n) is 11.7. The molecule has 2 rings (SSSR count). The zero-order valence-corrected chi connectivity index (χ0v) is 12.6. The van der Waals surface area contributed by atoms with Crippen LogP contribution in [0.5, 0.6) is 0 Å². The molecule has 1 aliphatic carbocycles. The molecule has 21 heavy (non-hydrogen) atoms. The number of piperidine rings is 1. The molecule has 120 valence electrons. The van der Waals surface area contributed by atoms with Gasteiger partial charge < -0.3 is 10.4 Å². The van der Waals surface area contributed by atoms with E-state index in [0.29, 0.717) is 12.8 Å². The largest absolute Gasteiger partial charge is 0.481 e. The minimum atomic E-state index is -3.60. The molecule has 1 saturated heterocycles. The number of amides is 1. The van der Waals surface area contributed by atoms with Crippen LogP contribution in [0.25, 0.3) is 0 Å². The Morgan fingerprint density at radius 2 is 1.67 bits per heavy atom. The Kier molecular flexibility index (Phi) is 5.17. The lowest BCUT2D eigenvalue weighted by atomic mass is 9.99. The summed E-state index contributed by atoms with van der Waals surface area (Å²) in [7, 11) is -3.60. The molecular formula is C12H21N3O5S. The lowest BCUT2D eigenvalue weighted by Crippen LogP contribution is -2.47. The molecule has 2 aliphatic rings. The van der Waals surface area contributed by atoms with E-state index in [9.17, 15) is 18.0 Å². The van der Waals surface area contributed by atoms with Gasteiger partial charge in [-0.1, -0.05) is 0 Å². The molecule has 1 aliphatic heterocycles. The summed E-state index contributed by atoms with van der Waals surface area (Å²) in [6.07, 6.45) is 2.48. The molecular weight excluding hydrogens is 298 g/mol. The first-order valence-electron chi connectivity index (χ1n) is 7.15. The number of carboxylic acids is 1. The summed E-state index contributed by atoms with van der Waals surface area (Å²) in [5.74, 6) is -1.25. The number of rotatable bonds is 7. The Labute approximate surface area is 124 Å². The van der Waals surface area contributed by atoms with Crippen LogP contribution in [-0.2, 0) is 19.8 Å². The van der Waals surface area contributed by atoms with Gasteiger partial charge in [-0.15, -0.1) is 0 Å². The third kappa shape index (κ3) is 4.65. The Balaban J connectivity index is 1.69. The Bertz CT molecular complexity index is 495. The van der Waals surface area contributed by atoms with Crippen molar-refractivity contribution in [2.45, 2.75) is 25.7 Å². The van der Waals surface area contributed by atoms with Gasteiger partial charge in [0.05, 0.1) is 5.92 Å². The van der Waals surface area contributed by atoms with Crippen LogP contribution in [0.2, 0.25) is 0 Å². The molecule has 1 heterocycles. The third-order valence-corrected chi connectivity index (χ3v) is 5.41. The second kappa shape index (κ2) is 6.71. The first kappa shape index (κ1) is 16.2. The van der Waals surface area contributed by atoms with Gasteiger partial charge in [-0.25, -0.2) is 4.72 Å². The minimum Gasteiger partial charge on any atom is -0.481 e. The maximum Gasteiger partial charge on any atom is 0.306 e. The molecule has 0 aromatic rings. The third-order valence-electron chi connectivity index (χ3n) is 3.80. The highest BCUT2D eigenvalue weighted by Gasteiger charge is 2.31. The first-order chi connectivity index (χ1) is 9.90. The number of nitrogens with one attached hydrogen (secondary N) is 2. The molecule has 0 radical (unpaired) electrons. The van der Waals surface area contributed by atoms with Crippen LogP contribution in [-0.4, -0.2) is 55.9 Å². The van der Waals surface area contributed by atoms with E-state index in [4.69, 9.17) is 5.11 Å². The summed E-state index contributed by atoms with van der Waals surface area (Å²) in [5.41, 5.74) is 0. The topological polar surface area (TPSA) is 116 Å². The molecule has 0 aromatic carbocycles.